The third-order valence-corrected chi connectivity index (χ3v) is 4.64. The number of carbonyl (C=O) groups is 2. The van der Waals surface area contributed by atoms with E-state index in [1.54, 1.807) is 12.1 Å². The first-order valence-electron chi connectivity index (χ1n) is 9.88. The molecule has 0 aliphatic rings. The zero-order chi connectivity index (χ0) is 23.0. The lowest BCUT2D eigenvalue weighted by molar-refractivity contribution is -0.148. The second-order valence-electron chi connectivity index (χ2n) is 7.13. The third kappa shape index (κ3) is 6.50. The molecule has 31 heavy (non-hydrogen) atoms. The Labute approximate surface area is 183 Å². The van der Waals surface area contributed by atoms with Crippen molar-refractivity contribution in [2.75, 3.05) is 26.6 Å². The molecule has 1 unspecified atom stereocenters. The summed E-state index contributed by atoms with van der Waals surface area (Å²) in [6, 6.07) is 10.9. The SMILES string of the molecule is COc1cc(OC)c(OC)cc1C=CC(=O)OC(C)C(=O)Nc1ccc(C(C)C)cc1. The van der Waals surface area contributed by atoms with Gasteiger partial charge in [0.2, 0.25) is 0 Å². The first-order chi connectivity index (χ1) is 14.8. The standard InChI is InChI=1S/C24H29NO6/c1-15(2)17-7-10-19(11-8-17)25-24(27)16(3)31-23(26)12-9-18-13-21(29-5)22(30-6)14-20(18)28-4/h7-16H,1-6H3,(H,25,27). The van der Waals surface area contributed by atoms with Gasteiger partial charge < -0.3 is 24.3 Å². The van der Waals surface area contributed by atoms with Gasteiger partial charge in [-0.25, -0.2) is 4.79 Å². The number of hydrogen-bond acceptors (Lipinski definition) is 6. The second-order valence-corrected chi connectivity index (χ2v) is 7.13. The van der Waals surface area contributed by atoms with Gasteiger partial charge in [0.1, 0.15) is 5.75 Å². The number of rotatable bonds is 9. The smallest absolute Gasteiger partial charge is 0.331 e. The maximum atomic E-state index is 12.3. The molecule has 2 aromatic rings. The van der Waals surface area contributed by atoms with Crippen LogP contribution in [0, 0.1) is 0 Å². The lowest BCUT2D eigenvalue weighted by Gasteiger charge is -2.14. The van der Waals surface area contributed by atoms with Crippen LogP contribution in [-0.4, -0.2) is 39.3 Å². The van der Waals surface area contributed by atoms with Crippen molar-refractivity contribution in [1.29, 1.82) is 0 Å². The number of nitrogens with one attached hydrogen (secondary N) is 1. The largest absolute Gasteiger partial charge is 0.496 e. The van der Waals surface area contributed by atoms with Gasteiger partial charge in [-0.3, -0.25) is 4.79 Å². The molecule has 0 aromatic heterocycles. The van der Waals surface area contributed by atoms with E-state index in [0.29, 0.717) is 34.4 Å². The van der Waals surface area contributed by atoms with Crippen LogP contribution in [0.5, 0.6) is 17.2 Å². The topological polar surface area (TPSA) is 83.1 Å². The summed E-state index contributed by atoms with van der Waals surface area (Å²) in [6.45, 7) is 5.71. The van der Waals surface area contributed by atoms with Crippen molar-refractivity contribution in [2.45, 2.75) is 32.8 Å². The van der Waals surface area contributed by atoms with E-state index in [9.17, 15) is 9.59 Å². The van der Waals surface area contributed by atoms with Crippen LogP contribution in [0.2, 0.25) is 0 Å². The number of amides is 1. The fourth-order valence-electron chi connectivity index (χ4n) is 2.80. The van der Waals surface area contributed by atoms with Gasteiger partial charge in [-0.15, -0.1) is 0 Å². The molecule has 1 atom stereocenters. The summed E-state index contributed by atoms with van der Waals surface area (Å²) in [7, 11) is 4.55. The minimum absolute atomic E-state index is 0.403. The van der Waals surface area contributed by atoms with Gasteiger partial charge in [-0.2, -0.15) is 0 Å². The van der Waals surface area contributed by atoms with Crippen molar-refractivity contribution < 1.29 is 28.5 Å². The van der Waals surface area contributed by atoms with Crippen molar-refractivity contribution in [3.05, 3.63) is 53.6 Å². The first kappa shape index (κ1) is 23.8. The molecule has 1 N–H and O–H groups in total. The van der Waals surface area contributed by atoms with Crippen LogP contribution >= 0.6 is 0 Å². The van der Waals surface area contributed by atoms with E-state index < -0.39 is 18.0 Å². The average Bonchev–Trinajstić information content (AvgIpc) is 2.77. The molecule has 166 valence electrons. The predicted octanol–water partition coefficient (Wildman–Crippen LogP) is 4.42. The molecular weight excluding hydrogens is 398 g/mol. The quantitative estimate of drug-likeness (QED) is 0.471. The highest BCUT2D eigenvalue weighted by molar-refractivity contribution is 5.96. The molecule has 1 amide bonds. The molecule has 0 radical (unpaired) electrons. The number of benzene rings is 2. The number of hydrogen-bond donors (Lipinski definition) is 1. The number of anilines is 1. The zero-order valence-corrected chi connectivity index (χ0v) is 18.7. The van der Waals surface area contributed by atoms with Gasteiger partial charge in [-0.1, -0.05) is 26.0 Å². The summed E-state index contributed by atoms with van der Waals surface area (Å²) in [6.07, 6.45) is 1.79. The summed E-state index contributed by atoms with van der Waals surface area (Å²) in [5, 5.41) is 2.74. The second kappa shape index (κ2) is 11.1. The van der Waals surface area contributed by atoms with Gasteiger partial charge >= 0.3 is 5.97 Å². The van der Waals surface area contributed by atoms with E-state index in [2.05, 4.69) is 19.2 Å². The number of methoxy groups -OCH3 is 3. The van der Waals surface area contributed by atoms with Crippen LogP contribution in [0.4, 0.5) is 5.69 Å². The van der Waals surface area contributed by atoms with Crippen molar-refractivity contribution in [3.63, 3.8) is 0 Å². The van der Waals surface area contributed by atoms with Gasteiger partial charge in [0, 0.05) is 23.4 Å². The highest BCUT2D eigenvalue weighted by atomic mass is 16.5. The van der Waals surface area contributed by atoms with Crippen LogP contribution in [0.3, 0.4) is 0 Å². The van der Waals surface area contributed by atoms with Gasteiger partial charge in [0.25, 0.3) is 5.91 Å². The average molecular weight is 427 g/mol. The van der Waals surface area contributed by atoms with E-state index in [1.165, 1.54) is 46.0 Å². The molecule has 0 heterocycles. The van der Waals surface area contributed by atoms with Crippen molar-refractivity contribution >= 4 is 23.6 Å². The number of ether oxygens (including phenoxy) is 4. The molecule has 7 nitrogen and oxygen atoms in total. The molecule has 7 heteroatoms. The maximum absolute atomic E-state index is 12.3. The summed E-state index contributed by atoms with van der Waals surface area (Å²) in [5.41, 5.74) is 2.41. The minimum atomic E-state index is -0.964. The van der Waals surface area contributed by atoms with Crippen molar-refractivity contribution in [2.24, 2.45) is 0 Å². The Balaban J connectivity index is 2.01. The van der Waals surface area contributed by atoms with Crippen molar-refractivity contribution in [3.8, 4) is 17.2 Å². The number of esters is 1. The summed E-state index contributed by atoms with van der Waals surface area (Å²) >= 11 is 0. The van der Waals surface area contributed by atoms with Gasteiger partial charge in [0.15, 0.2) is 17.6 Å². The van der Waals surface area contributed by atoms with Crippen LogP contribution in [0.1, 0.15) is 37.8 Å². The Kier molecular flexibility index (Phi) is 8.49. The normalized spacial score (nSPS) is 11.8. The molecule has 0 fully saturated rings. The summed E-state index contributed by atoms with van der Waals surface area (Å²) < 4.78 is 21.0. The Bertz CT molecular complexity index is 934. The van der Waals surface area contributed by atoms with Gasteiger partial charge in [-0.05, 0) is 42.7 Å². The van der Waals surface area contributed by atoms with Crippen molar-refractivity contribution in [1.82, 2.24) is 0 Å². The zero-order valence-electron chi connectivity index (χ0n) is 18.7. The highest BCUT2D eigenvalue weighted by Crippen LogP contribution is 2.35. The minimum Gasteiger partial charge on any atom is -0.496 e. The van der Waals surface area contributed by atoms with Crippen LogP contribution in [-0.2, 0) is 14.3 Å². The fraction of sp³-hybridized carbons (Fsp3) is 0.333. The van der Waals surface area contributed by atoms with E-state index >= 15 is 0 Å². The molecule has 0 aliphatic carbocycles. The molecular formula is C24H29NO6. The van der Waals surface area contributed by atoms with E-state index in [0.717, 1.165) is 0 Å². The molecule has 2 aromatic carbocycles. The van der Waals surface area contributed by atoms with Gasteiger partial charge in [0.05, 0.1) is 21.3 Å². The predicted molar refractivity (Wildman–Crippen MR) is 120 cm³/mol. The molecule has 0 bridgehead atoms. The fourth-order valence-corrected chi connectivity index (χ4v) is 2.80. The Morgan fingerprint density at radius 3 is 2.00 bits per heavy atom. The molecule has 2 rings (SSSR count). The lowest BCUT2D eigenvalue weighted by Crippen LogP contribution is -2.29. The summed E-state index contributed by atoms with van der Waals surface area (Å²) in [5.74, 6) is 0.828. The van der Waals surface area contributed by atoms with E-state index in [1.807, 2.05) is 24.3 Å². The molecule has 0 aliphatic heterocycles. The van der Waals surface area contributed by atoms with E-state index in [4.69, 9.17) is 18.9 Å². The van der Waals surface area contributed by atoms with E-state index in [-0.39, 0.29) is 0 Å². The van der Waals surface area contributed by atoms with Crippen LogP contribution < -0.4 is 19.5 Å². The highest BCUT2D eigenvalue weighted by Gasteiger charge is 2.17. The Morgan fingerprint density at radius 2 is 1.45 bits per heavy atom. The Hall–Kier alpha value is -3.48. The molecule has 0 spiro atoms. The molecule has 0 saturated heterocycles. The number of carbonyl (C=O) groups excluding carboxylic acids is 2. The first-order valence-corrected chi connectivity index (χ1v) is 9.88. The van der Waals surface area contributed by atoms with Crippen LogP contribution in [0.25, 0.3) is 6.08 Å². The summed E-state index contributed by atoms with van der Waals surface area (Å²) in [4.78, 5) is 24.5. The lowest BCUT2D eigenvalue weighted by atomic mass is 10.0. The molecule has 0 saturated carbocycles. The Morgan fingerprint density at radius 1 is 0.871 bits per heavy atom. The monoisotopic (exact) mass is 427 g/mol. The van der Waals surface area contributed by atoms with Crippen LogP contribution in [0.15, 0.2) is 42.5 Å². The maximum Gasteiger partial charge on any atom is 0.331 e. The third-order valence-electron chi connectivity index (χ3n) is 4.64.